The van der Waals surface area contributed by atoms with Crippen LogP contribution in [0.3, 0.4) is 0 Å². The second-order valence-corrected chi connectivity index (χ2v) is 7.22. The van der Waals surface area contributed by atoms with E-state index in [-0.39, 0.29) is 11.4 Å². The van der Waals surface area contributed by atoms with Crippen LogP contribution in [0.2, 0.25) is 0 Å². The maximum atomic E-state index is 12.6. The van der Waals surface area contributed by atoms with Crippen LogP contribution in [0.4, 0.5) is 0 Å². The van der Waals surface area contributed by atoms with Crippen molar-refractivity contribution in [3.63, 3.8) is 0 Å². The van der Waals surface area contributed by atoms with Crippen LogP contribution in [-0.4, -0.2) is 15.0 Å². The molecular weight excluding hydrogens is 314 g/mol. The molecule has 0 unspecified atom stereocenters. The van der Waals surface area contributed by atoms with Crippen LogP contribution in [0.1, 0.15) is 36.7 Å². The second kappa shape index (κ2) is 7.66. The fourth-order valence-electron chi connectivity index (χ4n) is 2.07. The predicted molar refractivity (Wildman–Crippen MR) is 89.1 cm³/mol. The largest absolute Gasteiger partial charge is 0.492 e. The Hall–Kier alpha value is -1.79. The topological polar surface area (TPSA) is 68.5 Å². The minimum absolute atomic E-state index is 0.108. The molecule has 0 aliphatic carbocycles. The van der Waals surface area contributed by atoms with Crippen LogP contribution in [0, 0.1) is 13.8 Å². The summed E-state index contributed by atoms with van der Waals surface area (Å²) < 4.78 is 38.6. The van der Waals surface area contributed by atoms with Gasteiger partial charge < -0.3 is 9.15 Å². The molecule has 2 rings (SSSR count). The van der Waals surface area contributed by atoms with Gasteiger partial charge in [-0.15, -0.1) is 0 Å². The monoisotopic (exact) mass is 337 g/mol. The molecule has 5 nitrogen and oxygen atoms in total. The Morgan fingerprint density at radius 1 is 1.22 bits per heavy atom. The van der Waals surface area contributed by atoms with Gasteiger partial charge in [0, 0.05) is 0 Å². The number of benzene rings is 1. The molecule has 0 spiro atoms. The summed E-state index contributed by atoms with van der Waals surface area (Å²) in [5.41, 5.74) is 1.91. The lowest BCUT2D eigenvalue weighted by Gasteiger charge is -2.14. The first-order valence-electron chi connectivity index (χ1n) is 7.70. The van der Waals surface area contributed by atoms with Crippen LogP contribution in [-0.2, 0) is 16.6 Å². The van der Waals surface area contributed by atoms with E-state index in [0.29, 0.717) is 18.1 Å². The third kappa shape index (κ3) is 4.59. The van der Waals surface area contributed by atoms with Gasteiger partial charge in [-0.2, -0.15) is 0 Å². The lowest BCUT2D eigenvalue weighted by atomic mass is 10.1. The third-order valence-corrected chi connectivity index (χ3v) is 5.04. The number of hydrogen-bond acceptors (Lipinski definition) is 4. The van der Waals surface area contributed by atoms with E-state index in [2.05, 4.69) is 11.6 Å². The Balaban J connectivity index is 2.25. The smallest absolute Gasteiger partial charge is 0.244 e. The zero-order valence-electron chi connectivity index (χ0n) is 13.8. The van der Waals surface area contributed by atoms with E-state index in [1.807, 2.05) is 13.8 Å². The lowest BCUT2D eigenvalue weighted by Crippen LogP contribution is -2.24. The van der Waals surface area contributed by atoms with Gasteiger partial charge in [0.05, 0.1) is 19.4 Å². The van der Waals surface area contributed by atoms with Gasteiger partial charge in [0.2, 0.25) is 10.0 Å². The van der Waals surface area contributed by atoms with Gasteiger partial charge in [0.25, 0.3) is 0 Å². The van der Waals surface area contributed by atoms with Gasteiger partial charge in [0.1, 0.15) is 16.4 Å². The summed E-state index contributed by atoms with van der Waals surface area (Å²) in [5, 5.41) is 0. The van der Waals surface area contributed by atoms with E-state index in [4.69, 9.17) is 9.15 Å². The summed E-state index contributed by atoms with van der Waals surface area (Å²) in [6, 6.07) is 6.88. The van der Waals surface area contributed by atoms with E-state index in [0.717, 1.165) is 24.0 Å². The molecule has 0 fully saturated rings. The molecule has 126 valence electrons. The van der Waals surface area contributed by atoms with Crippen LogP contribution in [0.15, 0.2) is 39.8 Å². The SMILES string of the molecule is CCCCOc1cc(C)c(C)cc1S(=O)(=O)NCc1ccco1. The first kappa shape index (κ1) is 17.6. The quantitative estimate of drug-likeness (QED) is 0.748. The van der Waals surface area contributed by atoms with Crippen LogP contribution in [0.25, 0.3) is 0 Å². The molecule has 0 saturated heterocycles. The van der Waals surface area contributed by atoms with E-state index < -0.39 is 10.0 Å². The first-order chi connectivity index (χ1) is 10.9. The van der Waals surface area contributed by atoms with Crippen molar-refractivity contribution in [2.24, 2.45) is 0 Å². The normalized spacial score (nSPS) is 11.6. The molecule has 1 N–H and O–H groups in total. The Bertz CT molecular complexity index is 736. The number of furan rings is 1. The van der Waals surface area contributed by atoms with Crippen molar-refractivity contribution in [3.8, 4) is 5.75 Å². The summed E-state index contributed by atoms with van der Waals surface area (Å²) in [7, 11) is -3.68. The highest BCUT2D eigenvalue weighted by Gasteiger charge is 2.21. The molecule has 0 aliphatic heterocycles. The highest BCUT2D eigenvalue weighted by Crippen LogP contribution is 2.28. The molecule has 0 radical (unpaired) electrons. The number of aryl methyl sites for hydroxylation is 2. The van der Waals surface area contributed by atoms with Crippen molar-refractivity contribution >= 4 is 10.0 Å². The molecule has 0 saturated carbocycles. The molecule has 1 heterocycles. The zero-order valence-corrected chi connectivity index (χ0v) is 14.6. The molecule has 0 bridgehead atoms. The van der Waals surface area contributed by atoms with Gasteiger partial charge in [0.15, 0.2) is 0 Å². The molecular formula is C17H23NO4S. The van der Waals surface area contributed by atoms with Crippen molar-refractivity contribution in [3.05, 3.63) is 47.4 Å². The van der Waals surface area contributed by atoms with Crippen molar-refractivity contribution in [1.82, 2.24) is 4.72 Å². The third-order valence-electron chi connectivity index (χ3n) is 3.62. The van der Waals surface area contributed by atoms with Crippen LogP contribution >= 0.6 is 0 Å². The van der Waals surface area contributed by atoms with Gasteiger partial charge in [-0.05, 0) is 55.7 Å². The standard InChI is InChI=1S/C17H23NO4S/c1-4-5-8-22-16-10-13(2)14(3)11-17(16)23(19,20)18-12-15-7-6-9-21-15/h6-7,9-11,18H,4-5,8,12H2,1-3H3. The van der Waals surface area contributed by atoms with E-state index >= 15 is 0 Å². The molecule has 0 amide bonds. The van der Waals surface area contributed by atoms with Crippen molar-refractivity contribution < 1.29 is 17.6 Å². The molecule has 6 heteroatoms. The highest BCUT2D eigenvalue weighted by atomic mass is 32.2. The number of rotatable bonds is 8. The predicted octanol–water partition coefficient (Wildman–Crippen LogP) is 3.55. The second-order valence-electron chi connectivity index (χ2n) is 5.49. The van der Waals surface area contributed by atoms with Crippen LogP contribution in [0.5, 0.6) is 5.75 Å². The lowest BCUT2D eigenvalue weighted by molar-refractivity contribution is 0.301. The molecule has 1 aromatic carbocycles. The first-order valence-corrected chi connectivity index (χ1v) is 9.18. The zero-order chi connectivity index (χ0) is 16.9. The number of nitrogens with one attached hydrogen (secondary N) is 1. The van der Waals surface area contributed by atoms with Crippen molar-refractivity contribution in [2.75, 3.05) is 6.61 Å². The molecule has 2 aromatic rings. The summed E-state index contributed by atoms with van der Waals surface area (Å²) in [4.78, 5) is 0.170. The Morgan fingerprint density at radius 3 is 2.61 bits per heavy atom. The van der Waals surface area contributed by atoms with Gasteiger partial charge in [-0.1, -0.05) is 13.3 Å². The Kier molecular flexibility index (Phi) is 5.85. The number of sulfonamides is 1. The van der Waals surface area contributed by atoms with E-state index in [1.165, 1.54) is 6.26 Å². The maximum absolute atomic E-state index is 12.6. The van der Waals surface area contributed by atoms with Gasteiger partial charge in [-0.25, -0.2) is 13.1 Å². The van der Waals surface area contributed by atoms with Crippen molar-refractivity contribution in [2.45, 2.75) is 45.1 Å². The fourth-order valence-corrected chi connectivity index (χ4v) is 3.27. The van der Waals surface area contributed by atoms with E-state index in [9.17, 15) is 8.42 Å². The molecule has 0 atom stereocenters. The minimum atomic E-state index is -3.68. The number of unbranched alkanes of at least 4 members (excludes halogenated alkanes) is 1. The summed E-state index contributed by atoms with van der Waals surface area (Å²) in [6.07, 6.45) is 3.38. The van der Waals surface area contributed by atoms with Gasteiger partial charge in [-0.3, -0.25) is 0 Å². The van der Waals surface area contributed by atoms with Gasteiger partial charge >= 0.3 is 0 Å². The average molecular weight is 337 g/mol. The Morgan fingerprint density at radius 2 is 1.96 bits per heavy atom. The number of hydrogen-bond donors (Lipinski definition) is 1. The van der Waals surface area contributed by atoms with Crippen LogP contribution < -0.4 is 9.46 Å². The number of ether oxygens (including phenoxy) is 1. The Labute approximate surface area is 137 Å². The highest BCUT2D eigenvalue weighted by molar-refractivity contribution is 7.89. The van der Waals surface area contributed by atoms with E-state index in [1.54, 1.807) is 24.3 Å². The summed E-state index contributed by atoms with van der Waals surface area (Å²) in [6.45, 7) is 6.49. The molecule has 1 aromatic heterocycles. The van der Waals surface area contributed by atoms with Crippen molar-refractivity contribution in [1.29, 1.82) is 0 Å². The molecule has 0 aliphatic rings. The molecule has 23 heavy (non-hydrogen) atoms. The maximum Gasteiger partial charge on any atom is 0.244 e. The minimum Gasteiger partial charge on any atom is -0.492 e. The average Bonchev–Trinajstić information content (AvgIpc) is 3.02. The fraction of sp³-hybridized carbons (Fsp3) is 0.412. The summed E-state index contributed by atoms with van der Waals surface area (Å²) >= 11 is 0. The summed E-state index contributed by atoms with van der Waals surface area (Å²) in [5.74, 6) is 0.958.